The summed E-state index contributed by atoms with van der Waals surface area (Å²) in [5.41, 5.74) is 0.697. The van der Waals surface area contributed by atoms with Gasteiger partial charge in [0.15, 0.2) is 0 Å². The van der Waals surface area contributed by atoms with Gasteiger partial charge >= 0.3 is 0 Å². The molecule has 0 aliphatic carbocycles. The summed E-state index contributed by atoms with van der Waals surface area (Å²) in [7, 11) is -3.56. The van der Waals surface area contributed by atoms with Gasteiger partial charge in [0, 0.05) is 0 Å². The summed E-state index contributed by atoms with van der Waals surface area (Å²) < 4.78 is 23.6. The Morgan fingerprint density at radius 1 is 1.31 bits per heavy atom. The van der Waals surface area contributed by atoms with Crippen molar-refractivity contribution in [3.63, 3.8) is 0 Å². The van der Waals surface area contributed by atoms with E-state index in [1.165, 1.54) is 0 Å². The molecule has 0 atom stereocenters. The first-order chi connectivity index (χ1) is 7.43. The van der Waals surface area contributed by atoms with Gasteiger partial charge in [-0.2, -0.15) is 0 Å². The standard InChI is InChI=1S/C11H17NO3S/c1-9(2)8-15-12-16(13,14)11-7-5-4-6-10(11)3/h4-7,9,12H,8H2,1-3H3. The molecule has 0 spiro atoms. The van der Waals surface area contributed by atoms with Gasteiger partial charge in [0.25, 0.3) is 10.0 Å². The largest absolute Gasteiger partial charge is 0.287 e. The van der Waals surface area contributed by atoms with Crippen LogP contribution in [0.2, 0.25) is 0 Å². The zero-order chi connectivity index (χ0) is 12.2. The zero-order valence-electron chi connectivity index (χ0n) is 9.73. The van der Waals surface area contributed by atoms with Crippen LogP contribution in [0, 0.1) is 12.8 Å². The molecule has 4 nitrogen and oxygen atoms in total. The molecule has 0 radical (unpaired) electrons. The molecule has 0 aliphatic heterocycles. The number of nitrogens with one attached hydrogen (secondary N) is 1. The van der Waals surface area contributed by atoms with E-state index in [1.54, 1.807) is 31.2 Å². The van der Waals surface area contributed by atoms with Crippen LogP contribution in [0.4, 0.5) is 0 Å². The van der Waals surface area contributed by atoms with Crippen molar-refractivity contribution >= 4 is 10.0 Å². The number of benzene rings is 1. The molecule has 0 aliphatic rings. The predicted octanol–water partition coefficient (Wildman–Crippen LogP) is 1.86. The van der Waals surface area contributed by atoms with E-state index in [2.05, 4.69) is 4.89 Å². The fraction of sp³-hybridized carbons (Fsp3) is 0.455. The predicted molar refractivity (Wildman–Crippen MR) is 62.3 cm³/mol. The molecule has 1 rings (SSSR count). The third-order valence-corrected chi connectivity index (χ3v) is 3.34. The Hall–Kier alpha value is -0.910. The summed E-state index contributed by atoms with van der Waals surface area (Å²) in [5, 5.41) is 0. The molecule has 0 amide bonds. The van der Waals surface area contributed by atoms with Gasteiger partial charge in [-0.05, 0) is 24.5 Å². The molecule has 90 valence electrons. The minimum absolute atomic E-state index is 0.249. The van der Waals surface area contributed by atoms with Crippen molar-refractivity contribution in [2.45, 2.75) is 25.7 Å². The normalized spacial score (nSPS) is 12.0. The second-order valence-electron chi connectivity index (χ2n) is 4.06. The van der Waals surface area contributed by atoms with Crippen LogP contribution in [0.5, 0.6) is 0 Å². The Bertz CT molecular complexity index is 440. The van der Waals surface area contributed by atoms with Crippen LogP contribution in [0.3, 0.4) is 0 Å². The van der Waals surface area contributed by atoms with Gasteiger partial charge in [-0.25, -0.2) is 8.42 Å². The van der Waals surface area contributed by atoms with Crippen LogP contribution < -0.4 is 4.89 Å². The minimum atomic E-state index is -3.56. The molecular weight excluding hydrogens is 226 g/mol. The highest BCUT2D eigenvalue weighted by molar-refractivity contribution is 7.89. The molecule has 0 saturated carbocycles. The molecule has 0 bridgehead atoms. The maximum Gasteiger partial charge on any atom is 0.262 e. The van der Waals surface area contributed by atoms with Crippen molar-refractivity contribution < 1.29 is 13.3 Å². The van der Waals surface area contributed by atoms with Gasteiger partial charge in [-0.3, -0.25) is 4.84 Å². The molecule has 0 saturated heterocycles. The number of hydrogen-bond donors (Lipinski definition) is 1. The number of rotatable bonds is 5. The first-order valence-electron chi connectivity index (χ1n) is 5.12. The highest BCUT2D eigenvalue weighted by Gasteiger charge is 2.16. The first-order valence-corrected chi connectivity index (χ1v) is 6.61. The third-order valence-electron chi connectivity index (χ3n) is 1.97. The molecule has 0 unspecified atom stereocenters. The van der Waals surface area contributed by atoms with Crippen molar-refractivity contribution in [2.24, 2.45) is 5.92 Å². The van der Waals surface area contributed by atoms with Crippen LogP contribution in [0.25, 0.3) is 0 Å². The Balaban J connectivity index is 2.75. The van der Waals surface area contributed by atoms with Gasteiger partial charge in [-0.1, -0.05) is 36.9 Å². The second-order valence-corrected chi connectivity index (χ2v) is 5.67. The van der Waals surface area contributed by atoms with E-state index >= 15 is 0 Å². The van der Waals surface area contributed by atoms with E-state index in [9.17, 15) is 8.42 Å². The lowest BCUT2D eigenvalue weighted by Crippen LogP contribution is -2.26. The molecule has 0 heterocycles. The first kappa shape index (κ1) is 13.2. The second kappa shape index (κ2) is 5.43. The maximum absolute atomic E-state index is 11.8. The topological polar surface area (TPSA) is 55.4 Å². The van der Waals surface area contributed by atoms with E-state index in [1.807, 2.05) is 13.8 Å². The summed E-state index contributed by atoms with van der Waals surface area (Å²) in [6.07, 6.45) is 0. The highest BCUT2D eigenvalue weighted by Crippen LogP contribution is 2.13. The van der Waals surface area contributed by atoms with Gasteiger partial charge in [-0.15, -0.1) is 0 Å². The van der Waals surface area contributed by atoms with Crippen LogP contribution in [0.15, 0.2) is 29.2 Å². The van der Waals surface area contributed by atoms with Crippen LogP contribution >= 0.6 is 0 Å². The van der Waals surface area contributed by atoms with Crippen LogP contribution in [0.1, 0.15) is 19.4 Å². The lowest BCUT2D eigenvalue weighted by Gasteiger charge is -2.10. The molecule has 1 N–H and O–H groups in total. The van der Waals surface area contributed by atoms with E-state index in [0.717, 1.165) is 0 Å². The Morgan fingerprint density at radius 3 is 2.50 bits per heavy atom. The average molecular weight is 243 g/mol. The maximum atomic E-state index is 11.8. The minimum Gasteiger partial charge on any atom is -0.287 e. The van der Waals surface area contributed by atoms with E-state index in [4.69, 9.17) is 4.84 Å². The smallest absolute Gasteiger partial charge is 0.262 e. The fourth-order valence-electron chi connectivity index (χ4n) is 1.18. The molecule has 1 aromatic rings. The SMILES string of the molecule is Cc1ccccc1S(=O)(=O)NOCC(C)C. The average Bonchev–Trinajstić information content (AvgIpc) is 2.17. The quantitative estimate of drug-likeness (QED) is 0.803. The lowest BCUT2D eigenvalue weighted by atomic mass is 10.2. The van der Waals surface area contributed by atoms with Gasteiger partial charge in [0.2, 0.25) is 0 Å². The van der Waals surface area contributed by atoms with Crippen molar-refractivity contribution in [2.75, 3.05) is 6.61 Å². The summed E-state index contributed by atoms with van der Waals surface area (Å²) in [6.45, 7) is 5.99. The van der Waals surface area contributed by atoms with Gasteiger partial charge < -0.3 is 0 Å². The molecule has 5 heteroatoms. The van der Waals surface area contributed by atoms with Crippen molar-refractivity contribution in [3.8, 4) is 0 Å². The summed E-state index contributed by atoms with van der Waals surface area (Å²) >= 11 is 0. The van der Waals surface area contributed by atoms with E-state index in [0.29, 0.717) is 12.2 Å². The third kappa shape index (κ3) is 3.59. The summed E-state index contributed by atoms with van der Waals surface area (Å²) in [4.78, 5) is 7.30. The van der Waals surface area contributed by atoms with Crippen LogP contribution in [-0.2, 0) is 14.9 Å². The van der Waals surface area contributed by atoms with Crippen molar-refractivity contribution in [3.05, 3.63) is 29.8 Å². The van der Waals surface area contributed by atoms with Gasteiger partial charge in [0.1, 0.15) is 0 Å². The summed E-state index contributed by atoms with van der Waals surface area (Å²) in [6, 6.07) is 6.78. The Labute approximate surface area is 96.6 Å². The lowest BCUT2D eigenvalue weighted by molar-refractivity contribution is 0.0718. The van der Waals surface area contributed by atoms with Crippen molar-refractivity contribution in [1.29, 1.82) is 0 Å². The zero-order valence-corrected chi connectivity index (χ0v) is 10.5. The Kier molecular flexibility index (Phi) is 4.46. The fourth-order valence-corrected chi connectivity index (χ4v) is 2.24. The number of sulfonamides is 1. The van der Waals surface area contributed by atoms with E-state index < -0.39 is 10.0 Å². The number of aryl methyl sites for hydroxylation is 1. The Morgan fingerprint density at radius 2 is 1.94 bits per heavy atom. The highest BCUT2D eigenvalue weighted by atomic mass is 32.2. The monoisotopic (exact) mass is 243 g/mol. The molecule has 0 fully saturated rings. The molecular formula is C11H17NO3S. The van der Waals surface area contributed by atoms with Crippen molar-refractivity contribution in [1.82, 2.24) is 4.89 Å². The number of hydrogen-bond acceptors (Lipinski definition) is 3. The van der Waals surface area contributed by atoms with E-state index in [-0.39, 0.29) is 10.8 Å². The van der Waals surface area contributed by atoms with Crippen LogP contribution in [-0.4, -0.2) is 15.0 Å². The summed E-state index contributed by atoms with van der Waals surface area (Å²) in [5.74, 6) is 0.277. The van der Waals surface area contributed by atoms with Gasteiger partial charge in [0.05, 0.1) is 11.5 Å². The molecule has 0 aromatic heterocycles. The molecule has 1 aromatic carbocycles. The molecule has 16 heavy (non-hydrogen) atoms.